The first kappa shape index (κ1) is 12.9. The molecule has 0 amide bonds. The van der Waals surface area contributed by atoms with Crippen molar-refractivity contribution in [3.05, 3.63) is 53.3 Å². The van der Waals surface area contributed by atoms with Gasteiger partial charge in [-0.1, -0.05) is 46.7 Å². The second-order valence-electron chi connectivity index (χ2n) is 10.4. The van der Waals surface area contributed by atoms with Crippen LogP contribution in [0.4, 0.5) is 0 Å². The van der Waals surface area contributed by atoms with Crippen molar-refractivity contribution in [3.8, 4) is 0 Å². The minimum absolute atomic E-state index is 0.0826. The third kappa shape index (κ3) is 1.90. The van der Waals surface area contributed by atoms with E-state index < -0.39 is 0 Å². The molecule has 2 unspecified atom stereocenters. The summed E-state index contributed by atoms with van der Waals surface area (Å²) in [4.78, 5) is 9.82. The number of nitrogens with zero attached hydrogens (tertiary/aromatic N) is 3. The van der Waals surface area contributed by atoms with Crippen LogP contribution in [0.1, 0.15) is 76.3 Å². The molecule has 6 rings (SSSR count). The highest BCUT2D eigenvalue weighted by Crippen LogP contribution is 2.60. The lowest BCUT2D eigenvalue weighted by atomic mass is 9.78. The summed E-state index contributed by atoms with van der Waals surface area (Å²) in [5, 5.41) is 0.390. The largest absolute Gasteiger partial charge is 0.279 e. The van der Waals surface area contributed by atoms with Gasteiger partial charge in [0.2, 0.25) is 0 Å². The minimum atomic E-state index is -0.343. The average molecular weight is 374 g/mol. The number of imidazole rings is 1. The van der Waals surface area contributed by atoms with E-state index in [2.05, 4.69) is 46.8 Å². The zero-order valence-corrected chi connectivity index (χ0v) is 17.1. The van der Waals surface area contributed by atoms with Gasteiger partial charge in [-0.05, 0) is 65.4 Å². The van der Waals surface area contributed by atoms with Crippen molar-refractivity contribution in [2.75, 3.05) is 0 Å². The Labute approximate surface area is 171 Å². The van der Waals surface area contributed by atoms with E-state index in [1.807, 2.05) is 4.40 Å². The monoisotopic (exact) mass is 373 g/mol. The predicted molar refractivity (Wildman–Crippen MR) is 115 cm³/mol. The number of para-hydroxylation sites is 1. The number of rotatable bonds is 0. The third-order valence-corrected chi connectivity index (χ3v) is 7.09. The molecule has 0 aliphatic heterocycles. The van der Waals surface area contributed by atoms with Crippen molar-refractivity contribution in [2.45, 2.75) is 70.1 Å². The second-order valence-corrected chi connectivity index (χ2v) is 10.4. The molecule has 4 aromatic rings. The van der Waals surface area contributed by atoms with Crippen molar-refractivity contribution in [2.24, 2.45) is 0 Å². The summed E-state index contributed by atoms with van der Waals surface area (Å²) < 4.78 is 35.4. The lowest BCUT2D eigenvalue weighted by molar-refractivity contribution is 0.484. The molecule has 2 aromatic carbocycles. The van der Waals surface area contributed by atoms with Gasteiger partial charge in [-0.15, -0.1) is 0 Å². The van der Waals surface area contributed by atoms with Crippen molar-refractivity contribution >= 4 is 27.6 Å². The van der Waals surface area contributed by atoms with Gasteiger partial charge in [0.1, 0.15) is 11.5 Å². The number of fused-ring (bicyclic) bond motifs is 10. The lowest BCUT2D eigenvalue weighted by Gasteiger charge is -2.27. The van der Waals surface area contributed by atoms with Gasteiger partial charge in [0, 0.05) is 10.8 Å². The van der Waals surface area contributed by atoms with Gasteiger partial charge in [-0.25, -0.2) is 9.97 Å². The van der Waals surface area contributed by atoms with E-state index >= 15 is 0 Å². The van der Waals surface area contributed by atoms with Crippen LogP contribution in [-0.2, 0) is 16.2 Å². The molecule has 2 aromatic heterocycles. The van der Waals surface area contributed by atoms with Gasteiger partial charge in [0.25, 0.3) is 0 Å². The van der Waals surface area contributed by atoms with E-state index in [-0.39, 0.29) is 45.9 Å². The predicted octanol–water partition coefficient (Wildman–Crippen LogP) is 6.05. The fourth-order valence-corrected chi connectivity index (χ4v) is 5.76. The summed E-state index contributed by atoms with van der Waals surface area (Å²) in [5.74, 6) is 0.756. The van der Waals surface area contributed by atoms with Crippen LogP contribution in [0, 0.1) is 0 Å². The van der Waals surface area contributed by atoms with Crippen LogP contribution >= 0.6 is 0 Å². The number of aromatic nitrogens is 3. The molecule has 2 bridgehead atoms. The number of benzene rings is 2. The lowest BCUT2D eigenvalue weighted by Crippen LogP contribution is -2.20. The van der Waals surface area contributed by atoms with E-state index in [9.17, 15) is 0 Å². The quantitative estimate of drug-likeness (QED) is 0.376. The van der Waals surface area contributed by atoms with Crippen LogP contribution in [0.25, 0.3) is 27.6 Å². The molecular weight excluding hydrogens is 342 g/mol. The van der Waals surface area contributed by atoms with Crippen LogP contribution in [-0.4, -0.2) is 14.4 Å². The highest BCUT2D eigenvalue weighted by atomic mass is 15.1. The van der Waals surface area contributed by atoms with Crippen LogP contribution in [0.15, 0.2) is 36.3 Å². The van der Waals surface area contributed by atoms with E-state index in [1.165, 1.54) is 30.4 Å². The van der Waals surface area contributed by atoms with Crippen LogP contribution in [0.3, 0.4) is 0 Å². The summed E-state index contributed by atoms with van der Waals surface area (Å²) in [5.41, 5.74) is 5.50. The van der Waals surface area contributed by atoms with Gasteiger partial charge in [0.15, 0.2) is 0 Å². The Bertz CT molecular complexity index is 1510. The molecule has 3 nitrogen and oxygen atoms in total. The van der Waals surface area contributed by atoms with Crippen molar-refractivity contribution in [1.29, 1.82) is 0 Å². The molecule has 142 valence electrons. The molecule has 0 saturated heterocycles. The van der Waals surface area contributed by atoms with Crippen molar-refractivity contribution in [3.63, 3.8) is 0 Å². The first-order chi connectivity index (χ1) is 14.9. The zero-order valence-electron chi connectivity index (χ0n) is 21.1. The van der Waals surface area contributed by atoms with Crippen molar-refractivity contribution in [1.82, 2.24) is 14.4 Å². The van der Waals surface area contributed by atoms with Gasteiger partial charge in [0.05, 0.1) is 22.0 Å². The molecule has 1 fully saturated rings. The standard InChI is InChI=1S/C25H27N3/c1-23(2,3)22-27-18-9-7-6-8-15(18)21-26-19-12-16-17(13-20(19)28(21)22)25(5)11-10-24(16,4)14-25/h6-9,12-13H,10-11,14H2,1-5H3/i6D,7D,8D,9D. The van der Waals surface area contributed by atoms with Gasteiger partial charge < -0.3 is 0 Å². The molecule has 2 aliphatic rings. The summed E-state index contributed by atoms with van der Waals surface area (Å²) in [6, 6.07) is 3.81. The smallest absolute Gasteiger partial charge is 0.148 e. The minimum Gasteiger partial charge on any atom is -0.279 e. The Morgan fingerprint density at radius 3 is 2.36 bits per heavy atom. The first-order valence-electron chi connectivity index (χ1n) is 12.1. The van der Waals surface area contributed by atoms with Crippen molar-refractivity contribution < 1.29 is 5.48 Å². The molecular formula is C25H27N3. The second kappa shape index (κ2) is 4.76. The number of hydrogen-bond acceptors (Lipinski definition) is 2. The van der Waals surface area contributed by atoms with Crippen LogP contribution in [0.2, 0.25) is 0 Å². The van der Waals surface area contributed by atoms with E-state index in [0.717, 1.165) is 16.9 Å². The summed E-state index contributed by atoms with van der Waals surface area (Å²) in [6.45, 7) is 11.0. The SMILES string of the molecule is [2H]c1c([2H])c([2H])c2c(nc(C(C)(C)C)n3c4cc5c(cc4nc23)C2(C)CCC5(C)C2)c1[2H]. The summed E-state index contributed by atoms with van der Waals surface area (Å²) in [7, 11) is 0. The van der Waals surface area contributed by atoms with E-state index in [4.69, 9.17) is 15.5 Å². The third-order valence-electron chi connectivity index (χ3n) is 7.09. The van der Waals surface area contributed by atoms with Gasteiger partial charge >= 0.3 is 0 Å². The molecule has 0 radical (unpaired) electrons. The fraction of sp³-hybridized carbons (Fsp3) is 0.440. The van der Waals surface area contributed by atoms with Gasteiger partial charge in [-0.2, -0.15) is 0 Å². The zero-order chi connectivity index (χ0) is 23.0. The van der Waals surface area contributed by atoms with Crippen LogP contribution < -0.4 is 0 Å². The molecule has 28 heavy (non-hydrogen) atoms. The molecule has 1 saturated carbocycles. The summed E-state index contributed by atoms with van der Waals surface area (Å²) >= 11 is 0. The van der Waals surface area contributed by atoms with Gasteiger partial charge in [-0.3, -0.25) is 4.40 Å². The highest BCUT2D eigenvalue weighted by Gasteiger charge is 2.53. The maximum absolute atomic E-state index is 8.59. The maximum Gasteiger partial charge on any atom is 0.148 e. The topological polar surface area (TPSA) is 30.2 Å². The average Bonchev–Trinajstić information content (AvgIpc) is 3.32. The molecule has 0 spiro atoms. The van der Waals surface area contributed by atoms with E-state index in [1.54, 1.807) is 0 Å². The normalized spacial score (nSPS) is 28.6. The molecule has 2 atom stereocenters. The molecule has 2 aliphatic carbocycles. The van der Waals surface area contributed by atoms with Crippen LogP contribution in [0.5, 0.6) is 0 Å². The number of hydrogen-bond donors (Lipinski definition) is 0. The molecule has 0 N–H and O–H groups in total. The Hall–Kier alpha value is -2.42. The Morgan fingerprint density at radius 1 is 0.964 bits per heavy atom. The Balaban J connectivity index is 1.85. The first-order valence-corrected chi connectivity index (χ1v) is 10.1. The Morgan fingerprint density at radius 2 is 1.64 bits per heavy atom. The summed E-state index contributed by atoms with van der Waals surface area (Å²) in [6.07, 6.45) is 3.56. The molecule has 2 heterocycles. The Kier molecular flexibility index (Phi) is 2.20. The highest BCUT2D eigenvalue weighted by molar-refractivity contribution is 5.97. The maximum atomic E-state index is 8.59. The molecule has 3 heteroatoms. The fourth-order valence-electron chi connectivity index (χ4n) is 5.76. The van der Waals surface area contributed by atoms with E-state index in [0.29, 0.717) is 11.0 Å².